The molecule has 0 radical (unpaired) electrons. The molecular formula is C19H18ClN3O3S. The number of nitrogens with zero attached hydrogens (tertiary/aromatic N) is 2. The van der Waals surface area contributed by atoms with Gasteiger partial charge in [-0.2, -0.15) is 0 Å². The molecule has 1 aromatic carbocycles. The van der Waals surface area contributed by atoms with E-state index >= 15 is 0 Å². The Morgan fingerprint density at radius 3 is 2.63 bits per heavy atom. The number of hydrogen-bond acceptors (Lipinski definition) is 6. The van der Waals surface area contributed by atoms with Gasteiger partial charge in [0.05, 0.1) is 10.9 Å². The Morgan fingerprint density at radius 1 is 1.26 bits per heavy atom. The maximum absolute atomic E-state index is 12.8. The van der Waals surface area contributed by atoms with E-state index < -0.39 is 5.25 Å². The Hall–Kier alpha value is -2.38. The molecular weight excluding hydrogens is 386 g/mol. The fourth-order valence-corrected chi connectivity index (χ4v) is 3.86. The summed E-state index contributed by atoms with van der Waals surface area (Å²) in [5, 5.41) is 8.41. The summed E-state index contributed by atoms with van der Waals surface area (Å²) in [6.45, 7) is 6.81. The number of H-pyrrole nitrogens is 1. The number of carbonyl (C=O) groups excluding carboxylic acids is 2. The summed E-state index contributed by atoms with van der Waals surface area (Å²) in [6, 6.07) is 7.10. The van der Waals surface area contributed by atoms with E-state index in [0.717, 1.165) is 0 Å². The van der Waals surface area contributed by atoms with Crippen LogP contribution in [0.2, 0.25) is 5.02 Å². The molecule has 0 unspecified atom stereocenters. The van der Waals surface area contributed by atoms with E-state index in [1.165, 1.54) is 18.7 Å². The van der Waals surface area contributed by atoms with Crippen LogP contribution < -0.4 is 0 Å². The van der Waals surface area contributed by atoms with Crippen molar-refractivity contribution < 1.29 is 14.0 Å². The highest BCUT2D eigenvalue weighted by Gasteiger charge is 2.25. The standard InChI is InChI=1S/C19H18ClN3O3S/c1-9-15(11(3)24)10(2)21-16(9)17(25)12(4)27-19-23-22-18(26-19)13-6-5-7-14(20)8-13/h5-8,12,21H,1-4H3/t12-/m0/s1. The smallest absolute Gasteiger partial charge is 0.277 e. The van der Waals surface area contributed by atoms with Crippen LogP contribution in [0.15, 0.2) is 33.9 Å². The van der Waals surface area contributed by atoms with Crippen LogP contribution in [0.4, 0.5) is 0 Å². The maximum atomic E-state index is 12.8. The highest BCUT2D eigenvalue weighted by molar-refractivity contribution is 8.00. The SMILES string of the molecule is CC(=O)c1c(C)[nH]c(C(=O)[C@H](C)Sc2nnc(-c3cccc(Cl)c3)o2)c1C. The minimum atomic E-state index is -0.464. The molecule has 6 nitrogen and oxygen atoms in total. The first-order chi connectivity index (χ1) is 12.8. The Labute approximate surface area is 165 Å². The lowest BCUT2D eigenvalue weighted by atomic mass is 10.0. The quantitative estimate of drug-likeness (QED) is 0.465. The molecule has 0 fully saturated rings. The fraction of sp³-hybridized carbons (Fsp3) is 0.263. The highest BCUT2D eigenvalue weighted by Crippen LogP contribution is 2.30. The summed E-state index contributed by atoms with van der Waals surface area (Å²) in [6.07, 6.45) is 0. The van der Waals surface area contributed by atoms with Gasteiger partial charge >= 0.3 is 0 Å². The van der Waals surface area contributed by atoms with Crippen molar-refractivity contribution in [2.45, 2.75) is 38.2 Å². The number of hydrogen-bond donors (Lipinski definition) is 1. The van der Waals surface area contributed by atoms with E-state index in [0.29, 0.717) is 44.2 Å². The lowest BCUT2D eigenvalue weighted by molar-refractivity contribution is 0.0988. The van der Waals surface area contributed by atoms with Gasteiger partial charge in [-0.05, 0) is 51.5 Å². The van der Waals surface area contributed by atoms with Gasteiger partial charge in [0.2, 0.25) is 5.89 Å². The number of carbonyl (C=O) groups is 2. The third kappa shape index (κ3) is 3.99. The Morgan fingerprint density at radius 2 is 2.00 bits per heavy atom. The largest absolute Gasteiger partial charge is 0.411 e. The van der Waals surface area contributed by atoms with Gasteiger partial charge in [-0.3, -0.25) is 9.59 Å². The third-order valence-corrected chi connectivity index (χ3v) is 5.33. The fourth-order valence-electron chi connectivity index (χ4n) is 2.93. The Balaban J connectivity index is 1.78. The molecule has 1 N–H and O–H groups in total. The molecule has 0 spiro atoms. The van der Waals surface area contributed by atoms with Crippen molar-refractivity contribution in [3.8, 4) is 11.5 Å². The number of aryl methyl sites for hydroxylation is 1. The number of benzene rings is 1. The van der Waals surface area contributed by atoms with Crippen LogP contribution in [0.25, 0.3) is 11.5 Å². The van der Waals surface area contributed by atoms with Crippen LogP contribution in [-0.4, -0.2) is 32.0 Å². The van der Waals surface area contributed by atoms with Crippen molar-refractivity contribution in [1.29, 1.82) is 0 Å². The second-order valence-corrected chi connectivity index (χ2v) is 7.92. The summed E-state index contributed by atoms with van der Waals surface area (Å²) in [5.74, 6) is 0.143. The second kappa shape index (κ2) is 7.70. The van der Waals surface area contributed by atoms with Gasteiger partial charge in [-0.25, -0.2) is 0 Å². The highest BCUT2D eigenvalue weighted by atomic mass is 35.5. The van der Waals surface area contributed by atoms with Crippen molar-refractivity contribution in [2.75, 3.05) is 0 Å². The van der Waals surface area contributed by atoms with E-state index in [4.69, 9.17) is 16.0 Å². The molecule has 0 bridgehead atoms. The van der Waals surface area contributed by atoms with Crippen LogP contribution in [-0.2, 0) is 0 Å². The normalized spacial score (nSPS) is 12.2. The van der Waals surface area contributed by atoms with Crippen molar-refractivity contribution in [3.63, 3.8) is 0 Å². The van der Waals surface area contributed by atoms with Crippen molar-refractivity contribution in [2.24, 2.45) is 0 Å². The minimum Gasteiger partial charge on any atom is -0.411 e. The average Bonchev–Trinajstić information content (AvgIpc) is 3.18. The average molecular weight is 404 g/mol. The van der Waals surface area contributed by atoms with Crippen LogP contribution >= 0.6 is 23.4 Å². The minimum absolute atomic E-state index is 0.0660. The zero-order valence-electron chi connectivity index (χ0n) is 15.3. The van der Waals surface area contributed by atoms with Gasteiger partial charge in [0.15, 0.2) is 11.6 Å². The van der Waals surface area contributed by atoms with E-state index in [9.17, 15) is 9.59 Å². The Kier molecular flexibility index (Phi) is 5.53. The number of halogens is 1. The summed E-state index contributed by atoms with van der Waals surface area (Å²) < 4.78 is 5.64. The van der Waals surface area contributed by atoms with Gasteiger partial charge in [0.25, 0.3) is 5.22 Å². The molecule has 0 amide bonds. The topological polar surface area (TPSA) is 88.9 Å². The first kappa shape index (κ1) is 19.4. The molecule has 3 rings (SSSR count). The zero-order chi connectivity index (χ0) is 19.7. The van der Waals surface area contributed by atoms with Crippen molar-refractivity contribution >= 4 is 34.9 Å². The number of aromatic nitrogens is 3. The number of ketones is 2. The van der Waals surface area contributed by atoms with Crippen molar-refractivity contribution in [3.05, 3.63) is 51.8 Å². The van der Waals surface area contributed by atoms with Gasteiger partial charge in [0, 0.05) is 21.8 Å². The van der Waals surface area contributed by atoms with Crippen LogP contribution in [0, 0.1) is 13.8 Å². The van der Waals surface area contributed by atoms with E-state index in [1.807, 2.05) is 6.07 Å². The van der Waals surface area contributed by atoms with Gasteiger partial charge in [0.1, 0.15) is 0 Å². The monoisotopic (exact) mass is 403 g/mol. The molecule has 27 heavy (non-hydrogen) atoms. The van der Waals surface area contributed by atoms with Gasteiger partial charge in [-0.1, -0.05) is 29.4 Å². The lowest BCUT2D eigenvalue weighted by Gasteiger charge is -2.07. The third-order valence-electron chi connectivity index (χ3n) is 4.16. The van der Waals surface area contributed by atoms with Crippen LogP contribution in [0.5, 0.6) is 0 Å². The van der Waals surface area contributed by atoms with Gasteiger partial charge < -0.3 is 9.40 Å². The second-order valence-electron chi connectivity index (χ2n) is 6.19. The molecule has 1 atom stereocenters. The first-order valence-electron chi connectivity index (χ1n) is 8.28. The number of Topliss-reactive ketones (excluding diaryl/α,β-unsaturated/α-hetero) is 2. The molecule has 3 aromatic rings. The molecule has 0 aliphatic rings. The van der Waals surface area contributed by atoms with Crippen LogP contribution in [0.1, 0.15) is 46.0 Å². The van der Waals surface area contributed by atoms with Crippen molar-refractivity contribution in [1.82, 2.24) is 15.2 Å². The molecule has 8 heteroatoms. The Bertz CT molecular complexity index is 1030. The summed E-state index contributed by atoms with van der Waals surface area (Å²) in [4.78, 5) is 27.6. The summed E-state index contributed by atoms with van der Waals surface area (Å²) in [7, 11) is 0. The maximum Gasteiger partial charge on any atom is 0.277 e. The lowest BCUT2D eigenvalue weighted by Crippen LogP contribution is -2.15. The molecule has 0 aliphatic carbocycles. The molecule has 0 saturated heterocycles. The summed E-state index contributed by atoms with van der Waals surface area (Å²) >= 11 is 7.15. The number of aromatic amines is 1. The molecule has 2 heterocycles. The van der Waals surface area contributed by atoms with Gasteiger partial charge in [-0.15, -0.1) is 10.2 Å². The van der Waals surface area contributed by atoms with E-state index in [2.05, 4.69) is 15.2 Å². The molecule has 140 valence electrons. The molecule has 2 aromatic heterocycles. The molecule has 0 saturated carbocycles. The van der Waals surface area contributed by atoms with Crippen LogP contribution in [0.3, 0.4) is 0 Å². The molecule has 0 aliphatic heterocycles. The first-order valence-corrected chi connectivity index (χ1v) is 9.54. The predicted molar refractivity (Wildman–Crippen MR) is 105 cm³/mol. The number of rotatable bonds is 6. The zero-order valence-corrected chi connectivity index (χ0v) is 16.9. The predicted octanol–water partition coefficient (Wildman–Crippen LogP) is 4.90. The van der Waals surface area contributed by atoms with E-state index in [-0.39, 0.29) is 11.6 Å². The van der Waals surface area contributed by atoms with E-state index in [1.54, 1.807) is 39.0 Å². The number of thioether (sulfide) groups is 1. The number of nitrogens with one attached hydrogen (secondary N) is 1. The summed E-state index contributed by atoms with van der Waals surface area (Å²) in [5.41, 5.74) is 3.08.